The van der Waals surface area contributed by atoms with Crippen molar-refractivity contribution < 1.29 is 5.11 Å². The van der Waals surface area contributed by atoms with Crippen molar-refractivity contribution in [3.05, 3.63) is 29.3 Å². The molecule has 0 radical (unpaired) electrons. The first-order valence-corrected chi connectivity index (χ1v) is 5.53. The maximum Gasteiger partial charge on any atom is 0.0702 e. The Bertz CT molecular complexity index is 322. The molecule has 2 heteroatoms. The Kier molecular flexibility index (Phi) is 4.15. The third-order valence-corrected chi connectivity index (χ3v) is 3.04. The molecule has 2 nitrogen and oxygen atoms in total. The van der Waals surface area contributed by atoms with Gasteiger partial charge < -0.3 is 10.0 Å². The van der Waals surface area contributed by atoms with Crippen LogP contribution in [0.25, 0.3) is 0 Å². The lowest BCUT2D eigenvalue weighted by Crippen LogP contribution is -2.28. The Morgan fingerprint density at radius 2 is 2.07 bits per heavy atom. The van der Waals surface area contributed by atoms with E-state index in [0.29, 0.717) is 6.04 Å². The lowest BCUT2D eigenvalue weighted by atomic mass is 10.1. The Morgan fingerprint density at radius 1 is 1.40 bits per heavy atom. The number of benzene rings is 1. The van der Waals surface area contributed by atoms with E-state index in [1.165, 1.54) is 5.56 Å². The molecule has 0 saturated carbocycles. The lowest BCUT2D eigenvalue weighted by Gasteiger charge is -2.28. The van der Waals surface area contributed by atoms with E-state index >= 15 is 0 Å². The van der Waals surface area contributed by atoms with Gasteiger partial charge in [-0.25, -0.2) is 0 Å². The van der Waals surface area contributed by atoms with E-state index in [1.807, 2.05) is 13.0 Å². The summed E-state index contributed by atoms with van der Waals surface area (Å²) in [5, 5.41) is 9.32. The van der Waals surface area contributed by atoms with Crippen molar-refractivity contribution >= 4 is 5.69 Å². The zero-order valence-corrected chi connectivity index (χ0v) is 10.1. The first-order chi connectivity index (χ1) is 7.10. The van der Waals surface area contributed by atoms with Crippen LogP contribution in [0.15, 0.2) is 18.2 Å². The van der Waals surface area contributed by atoms with Crippen molar-refractivity contribution in [2.45, 2.75) is 39.8 Å². The molecular formula is C13H21NO. The summed E-state index contributed by atoms with van der Waals surface area (Å²) >= 11 is 0. The molecule has 0 fully saturated rings. The Hall–Kier alpha value is -1.02. The molecule has 0 aliphatic rings. The minimum absolute atomic E-state index is 0.109. The van der Waals surface area contributed by atoms with Gasteiger partial charge in [-0.2, -0.15) is 0 Å². The number of aliphatic hydroxyl groups is 1. The van der Waals surface area contributed by atoms with Crippen LogP contribution in [0.2, 0.25) is 0 Å². The third-order valence-electron chi connectivity index (χ3n) is 3.04. The summed E-state index contributed by atoms with van der Waals surface area (Å²) in [6.07, 6.45) is 1.11. The second-order valence-electron chi connectivity index (χ2n) is 4.16. The average molecular weight is 207 g/mol. The van der Waals surface area contributed by atoms with E-state index in [0.717, 1.165) is 17.7 Å². The van der Waals surface area contributed by atoms with Crippen molar-refractivity contribution in [3.63, 3.8) is 0 Å². The Morgan fingerprint density at radius 3 is 2.60 bits per heavy atom. The molecule has 0 bridgehead atoms. The number of hydrogen-bond donors (Lipinski definition) is 1. The summed E-state index contributed by atoms with van der Waals surface area (Å²) in [5.74, 6) is 0. The van der Waals surface area contributed by atoms with E-state index in [2.05, 4.69) is 37.9 Å². The van der Waals surface area contributed by atoms with Gasteiger partial charge in [0.05, 0.1) is 6.61 Å². The lowest BCUT2D eigenvalue weighted by molar-refractivity contribution is 0.282. The molecule has 84 valence electrons. The van der Waals surface area contributed by atoms with Crippen LogP contribution in [0.1, 0.15) is 31.4 Å². The molecule has 1 rings (SSSR count). The molecule has 1 aromatic carbocycles. The minimum atomic E-state index is 0.109. The van der Waals surface area contributed by atoms with Gasteiger partial charge >= 0.3 is 0 Å². The van der Waals surface area contributed by atoms with E-state index in [9.17, 15) is 5.11 Å². The second kappa shape index (κ2) is 5.17. The van der Waals surface area contributed by atoms with Crippen LogP contribution in [-0.4, -0.2) is 18.2 Å². The Labute approximate surface area is 92.5 Å². The first-order valence-electron chi connectivity index (χ1n) is 5.53. The standard InChI is InChI=1S/C13H21NO/c1-5-11(3)14(4)13-7-6-10(2)8-12(13)9-15/h6-8,11,15H,5,9H2,1-4H3. The van der Waals surface area contributed by atoms with Gasteiger partial charge in [0.1, 0.15) is 0 Å². The van der Waals surface area contributed by atoms with E-state index in [1.54, 1.807) is 0 Å². The molecule has 0 aromatic heterocycles. The fourth-order valence-corrected chi connectivity index (χ4v) is 1.70. The van der Waals surface area contributed by atoms with Gasteiger partial charge in [0.25, 0.3) is 0 Å². The Balaban J connectivity index is 3.02. The van der Waals surface area contributed by atoms with Crippen LogP contribution in [0.4, 0.5) is 5.69 Å². The quantitative estimate of drug-likeness (QED) is 0.820. The van der Waals surface area contributed by atoms with Crippen LogP contribution in [0.5, 0.6) is 0 Å². The van der Waals surface area contributed by atoms with Crippen LogP contribution >= 0.6 is 0 Å². The van der Waals surface area contributed by atoms with Gasteiger partial charge in [-0.15, -0.1) is 0 Å². The summed E-state index contributed by atoms with van der Waals surface area (Å²) in [5.41, 5.74) is 3.34. The predicted molar refractivity (Wildman–Crippen MR) is 65.3 cm³/mol. The maximum absolute atomic E-state index is 9.32. The summed E-state index contributed by atoms with van der Waals surface area (Å²) in [6.45, 7) is 6.53. The average Bonchev–Trinajstić information content (AvgIpc) is 2.26. The molecule has 1 unspecified atom stereocenters. The maximum atomic E-state index is 9.32. The number of aliphatic hydroxyl groups excluding tert-OH is 1. The number of nitrogens with zero attached hydrogens (tertiary/aromatic N) is 1. The predicted octanol–water partition coefficient (Wildman–Crippen LogP) is 2.72. The van der Waals surface area contributed by atoms with Crippen molar-refractivity contribution in [3.8, 4) is 0 Å². The van der Waals surface area contributed by atoms with Crippen molar-refractivity contribution in [2.24, 2.45) is 0 Å². The SMILES string of the molecule is CCC(C)N(C)c1ccc(C)cc1CO. The van der Waals surface area contributed by atoms with Gasteiger partial charge in [-0.1, -0.05) is 24.6 Å². The highest BCUT2D eigenvalue weighted by molar-refractivity contribution is 5.54. The molecule has 1 aromatic rings. The van der Waals surface area contributed by atoms with Crippen LogP contribution in [0, 0.1) is 6.92 Å². The fourth-order valence-electron chi connectivity index (χ4n) is 1.70. The third kappa shape index (κ3) is 2.72. The second-order valence-corrected chi connectivity index (χ2v) is 4.16. The zero-order valence-electron chi connectivity index (χ0n) is 10.1. The summed E-state index contributed by atoms with van der Waals surface area (Å²) < 4.78 is 0. The van der Waals surface area contributed by atoms with Crippen molar-refractivity contribution in [1.29, 1.82) is 0 Å². The normalized spacial score (nSPS) is 12.6. The molecule has 15 heavy (non-hydrogen) atoms. The van der Waals surface area contributed by atoms with Crippen LogP contribution in [-0.2, 0) is 6.61 Å². The van der Waals surface area contributed by atoms with E-state index < -0.39 is 0 Å². The molecular weight excluding hydrogens is 186 g/mol. The fraction of sp³-hybridized carbons (Fsp3) is 0.538. The van der Waals surface area contributed by atoms with Crippen molar-refractivity contribution in [1.82, 2.24) is 0 Å². The highest BCUT2D eigenvalue weighted by Crippen LogP contribution is 2.23. The van der Waals surface area contributed by atoms with Gasteiger partial charge in [0, 0.05) is 24.3 Å². The molecule has 0 saturated heterocycles. The van der Waals surface area contributed by atoms with Crippen molar-refractivity contribution in [2.75, 3.05) is 11.9 Å². The van der Waals surface area contributed by atoms with Gasteiger partial charge in [0.15, 0.2) is 0 Å². The van der Waals surface area contributed by atoms with Crippen LogP contribution in [0.3, 0.4) is 0 Å². The zero-order chi connectivity index (χ0) is 11.4. The molecule has 0 aliphatic heterocycles. The monoisotopic (exact) mass is 207 g/mol. The molecule has 0 aliphatic carbocycles. The number of rotatable bonds is 4. The van der Waals surface area contributed by atoms with Crippen LogP contribution < -0.4 is 4.90 Å². The molecule has 1 N–H and O–H groups in total. The molecule has 1 atom stereocenters. The number of anilines is 1. The highest BCUT2D eigenvalue weighted by Gasteiger charge is 2.11. The van der Waals surface area contributed by atoms with Gasteiger partial charge in [-0.05, 0) is 26.3 Å². The van der Waals surface area contributed by atoms with E-state index in [4.69, 9.17) is 0 Å². The first kappa shape index (κ1) is 12.1. The van der Waals surface area contributed by atoms with Gasteiger partial charge in [-0.3, -0.25) is 0 Å². The number of hydrogen-bond acceptors (Lipinski definition) is 2. The highest BCUT2D eigenvalue weighted by atomic mass is 16.3. The minimum Gasteiger partial charge on any atom is -0.392 e. The van der Waals surface area contributed by atoms with Gasteiger partial charge in [0.2, 0.25) is 0 Å². The smallest absolute Gasteiger partial charge is 0.0702 e. The molecule has 0 heterocycles. The number of aryl methyl sites for hydroxylation is 1. The summed E-state index contributed by atoms with van der Waals surface area (Å²) in [4.78, 5) is 2.23. The summed E-state index contributed by atoms with van der Waals surface area (Å²) in [6, 6.07) is 6.73. The largest absolute Gasteiger partial charge is 0.392 e. The summed E-state index contributed by atoms with van der Waals surface area (Å²) in [7, 11) is 2.08. The molecule has 0 spiro atoms. The molecule has 0 amide bonds. The van der Waals surface area contributed by atoms with E-state index in [-0.39, 0.29) is 6.61 Å². The topological polar surface area (TPSA) is 23.5 Å².